The lowest BCUT2D eigenvalue weighted by Gasteiger charge is -2.01. The van der Waals surface area contributed by atoms with E-state index in [0.717, 1.165) is 21.8 Å². The molecule has 0 bridgehead atoms. The van der Waals surface area contributed by atoms with E-state index in [0.29, 0.717) is 12.2 Å². The Labute approximate surface area is 115 Å². The number of nitrogens with zero attached hydrogens (tertiary/aromatic N) is 2. The molecule has 3 aromatic rings. The fraction of sp³-hybridized carbons (Fsp3) is 0.0714. The molecule has 0 spiro atoms. The van der Waals surface area contributed by atoms with Gasteiger partial charge in [-0.3, -0.25) is 4.68 Å². The average Bonchev–Trinajstić information content (AvgIpc) is 3.01. The SMILES string of the molecule is Nc1cn(Cc2ccc(Cl)cc2)nc1-c1ccoc1. The van der Waals surface area contributed by atoms with Gasteiger partial charge in [0.25, 0.3) is 0 Å². The summed E-state index contributed by atoms with van der Waals surface area (Å²) < 4.78 is 6.85. The van der Waals surface area contributed by atoms with Gasteiger partial charge in [-0.05, 0) is 23.8 Å². The van der Waals surface area contributed by atoms with E-state index in [1.54, 1.807) is 17.2 Å². The fourth-order valence-electron chi connectivity index (χ4n) is 1.92. The van der Waals surface area contributed by atoms with Crippen LogP contribution >= 0.6 is 11.6 Å². The summed E-state index contributed by atoms with van der Waals surface area (Å²) in [6.45, 7) is 0.652. The van der Waals surface area contributed by atoms with E-state index >= 15 is 0 Å². The molecule has 3 rings (SSSR count). The van der Waals surface area contributed by atoms with Crippen molar-refractivity contribution in [3.63, 3.8) is 0 Å². The molecule has 0 fully saturated rings. The standard InChI is InChI=1S/C14H12ClN3O/c15-12-3-1-10(2-4-12)7-18-8-13(16)14(17-18)11-5-6-19-9-11/h1-6,8-9H,7,16H2. The second-order valence-corrected chi connectivity index (χ2v) is 4.71. The van der Waals surface area contributed by atoms with Crippen LogP contribution in [0.25, 0.3) is 11.3 Å². The maximum absolute atomic E-state index is 5.96. The predicted molar refractivity (Wildman–Crippen MR) is 74.9 cm³/mol. The number of benzene rings is 1. The Kier molecular flexibility index (Phi) is 3.01. The topological polar surface area (TPSA) is 57.0 Å². The van der Waals surface area contributed by atoms with E-state index < -0.39 is 0 Å². The molecule has 4 nitrogen and oxygen atoms in total. The molecule has 0 saturated carbocycles. The summed E-state index contributed by atoms with van der Waals surface area (Å²) in [6, 6.07) is 9.50. The minimum Gasteiger partial charge on any atom is -0.472 e. The summed E-state index contributed by atoms with van der Waals surface area (Å²) >= 11 is 5.86. The molecule has 2 N–H and O–H groups in total. The molecule has 1 aromatic carbocycles. The molecular formula is C14H12ClN3O. The highest BCUT2D eigenvalue weighted by atomic mass is 35.5. The van der Waals surface area contributed by atoms with Crippen molar-refractivity contribution in [1.29, 1.82) is 0 Å². The number of nitrogens with two attached hydrogens (primary N) is 1. The third-order valence-electron chi connectivity index (χ3n) is 2.84. The lowest BCUT2D eigenvalue weighted by atomic mass is 10.2. The molecule has 2 aromatic heterocycles. The first kappa shape index (κ1) is 11.9. The normalized spacial score (nSPS) is 10.8. The highest BCUT2D eigenvalue weighted by Crippen LogP contribution is 2.24. The zero-order chi connectivity index (χ0) is 13.2. The van der Waals surface area contributed by atoms with Gasteiger partial charge in [-0.2, -0.15) is 5.10 Å². The molecule has 0 aliphatic carbocycles. The number of rotatable bonds is 3. The first-order chi connectivity index (χ1) is 9.22. The highest BCUT2D eigenvalue weighted by Gasteiger charge is 2.09. The van der Waals surface area contributed by atoms with Gasteiger partial charge in [0, 0.05) is 16.8 Å². The zero-order valence-electron chi connectivity index (χ0n) is 10.1. The van der Waals surface area contributed by atoms with Crippen molar-refractivity contribution >= 4 is 17.3 Å². The van der Waals surface area contributed by atoms with E-state index in [1.165, 1.54) is 0 Å². The summed E-state index contributed by atoms with van der Waals surface area (Å²) in [7, 11) is 0. The summed E-state index contributed by atoms with van der Waals surface area (Å²) in [4.78, 5) is 0. The fourth-order valence-corrected chi connectivity index (χ4v) is 2.04. The summed E-state index contributed by atoms with van der Waals surface area (Å²) in [6.07, 6.45) is 5.05. The zero-order valence-corrected chi connectivity index (χ0v) is 10.8. The van der Waals surface area contributed by atoms with Gasteiger partial charge in [0.1, 0.15) is 5.69 Å². The van der Waals surface area contributed by atoms with E-state index in [2.05, 4.69) is 5.10 Å². The first-order valence-electron chi connectivity index (χ1n) is 5.82. The molecule has 2 heterocycles. The Morgan fingerprint density at radius 3 is 2.68 bits per heavy atom. The van der Waals surface area contributed by atoms with Gasteiger partial charge in [0.15, 0.2) is 0 Å². The maximum Gasteiger partial charge on any atom is 0.118 e. The number of hydrogen-bond donors (Lipinski definition) is 1. The average molecular weight is 274 g/mol. The molecule has 0 atom stereocenters. The predicted octanol–water partition coefficient (Wildman–Crippen LogP) is 3.43. The van der Waals surface area contributed by atoms with E-state index in [1.807, 2.05) is 36.5 Å². The van der Waals surface area contributed by atoms with Crippen molar-refractivity contribution in [2.45, 2.75) is 6.54 Å². The van der Waals surface area contributed by atoms with Gasteiger partial charge < -0.3 is 10.2 Å². The molecule has 0 amide bonds. The number of halogens is 1. The Morgan fingerprint density at radius 2 is 2.00 bits per heavy atom. The minimum absolute atomic E-state index is 0.635. The Morgan fingerprint density at radius 1 is 1.21 bits per heavy atom. The van der Waals surface area contributed by atoms with E-state index in [9.17, 15) is 0 Å². The molecule has 5 heteroatoms. The van der Waals surface area contributed by atoms with E-state index in [4.69, 9.17) is 21.8 Å². The molecule has 0 saturated heterocycles. The van der Waals surface area contributed by atoms with E-state index in [-0.39, 0.29) is 0 Å². The number of furan rings is 1. The molecule has 19 heavy (non-hydrogen) atoms. The second kappa shape index (κ2) is 4.82. The van der Waals surface area contributed by atoms with Crippen molar-refractivity contribution in [3.05, 3.63) is 59.6 Å². The Balaban J connectivity index is 1.87. The monoisotopic (exact) mass is 273 g/mol. The van der Waals surface area contributed by atoms with Crippen LogP contribution in [0.15, 0.2) is 53.5 Å². The van der Waals surface area contributed by atoms with Crippen molar-refractivity contribution in [2.24, 2.45) is 0 Å². The summed E-state index contributed by atoms with van der Waals surface area (Å²) in [5.41, 5.74) is 9.34. The van der Waals surface area contributed by atoms with Crippen LogP contribution in [0.1, 0.15) is 5.56 Å². The largest absolute Gasteiger partial charge is 0.472 e. The van der Waals surface area contributed by atoms with Crippen LogP contribution < -0.4 is 5.73 Å². The van der Waals surface area contributed by atoms with Gasteiger partial charge in [-0.15, -0.1) is 0 Å². The van der Waals surface area contributed by atoms with Crippen LogP contribution in [0.4, 0.5) is 5.69 Å². The van der Waals surface area contributed by atoms with Crippen molar-refractivity contribution in [1.82, 2.24) is 9.78 Å². The van der Waals surface area contributed by atoms with Gasteiger partial charge >= 0.3 is 0 Å². The molecular weight excluding hydrogens is 262 g/mol. The second-order valence-electron chi connectivity index (χ2n) is 4.27. The summed E-state index contributed by atoms with van der Waals surface area (Å²) in [5.74, 6) is 0. The maximum atomic E-state index is 5.96. The third kappa shape index (κ3) is 2.48. The molecule has 96 valence electrons. The van der Waals surface area contributed by atoms with Crippen LogP contribution in [-0.2, 0) is 6.54 Å². The quantitative estimate of drug-likeness (QED) is 0.795. The van der Waals surface area contributed by atoms with Crippen LogP contribution in [-0.4, -0.2) is 9.78 Å². The first-order valence-corrected chi connectivity index (χ1v) is 6.20. The van der Waals surface area contributed by atoms with Crippen molar-refractivity contribution < 1.29 is 4.42 Å². The third-order valence-corrected chi connectivity index (χ3v) is 3.09. The summed E-state index contributed by atoms with van der Waals surface area (Å²) in [5, 5.41) is 5.19. The Hall–Kier alpha value is -2.20. The molecule has 0 aliphatic heterocycles. The highest BCUT2D eigenvalue weighted by molar-refractivity contribution is 6.30. The van der Waals surface area contributed by atoms with Gasteiger partial charge in [-0.1, -0.05) is 23.7 Å². The number of aromatic nitrogens is 2. The Bertz CT molecular complexity index is 671. The number of nitrogen functional groups attached to an aromatic ring is 1. The molecule has 0 unspecified atom stereocenters. The van der Waals surface area contributed by atoms with Gasteiger partial charge in [0.05, 0.1) is 24.8 Å². The van der Waals surface area contributed by atoms with Crippen LogP contribution in [0.3, 0.4) is 0 Å². The molecule has 0 aliphatic rings. The van der Waals surface area contributed by atoms with Gasteiger partial charge in [-0.25, -0.2) is 0 Å². The van der Waals surface area contributed by atoms with Gasteiger partial charge in [0.2, 0.25) is 0 Å². The minimum atomic E-state index is 0.635. The number of hydrogen-bond acceptors (Lipinski definition) is 3. The van der Waals surface area contributed by atoms with Crippen molar-refractivity contribution in [3.8, 4) is 11.3 Å². The lowest BCUT2D eigenvalue weighted by molar-refractivity contribution is 0.568. The molecule has 0 radical (unpaired) electrons. The van der Waals surface area contributed by atoms with Crippen LogP contribution in [0.5, 0.6) is 0 Å². The van der Waals surface area contributed by atoms with Crippen LogP contribution in [0, 0.1) is 0 Å². The lowest BCUT2D eigenvalue weighted by Crippen LogP contribution is -2.00. The smallest absolute Gasteiger partial charge is 0.118 e. The number of anilines is 1. The van der Waals surface area contributed by atoms with Crippen LogP contribution in [0.2, 0.25) is 5.02 Å². The van der Waals surface area contributed by atoms with Crippen molar-refractivity contribution in [2.75, 3.05) is 5.73 Å².